The van der Waals surface area contributed by atoms with Crippen molar-refractivity contribution >= 4 is 34.3 Å². The van der Waals surface area contributed by atoms with Crippen LogP contribution in [0.25, 0.3) is 0 Å². The van der Waals surface area contributed by atoms with E-state index in [2.05, 4.69) is 4.98 Å². The second kappa shape index (κ2) is 4.66. The molecule has 2 N–H and O–H groups in total. The van der Waals surface area contributed by atoms with Crippen molar-refractivity contribution in [3.05, 3.63) is 56.1 Å². The number of halogens is 1. The zero-order chi connectivity index (χ0) is 12.4. The molecule has 0 aliphatic carbocycles. The van der Waals surface area contributed by atoms with E-state index in [1.807, 2.05) is 22.6 Å². The summed E-state index contributed by atoms with van der Waals surface area (Å²) in [6.07, 6.45) is 1.39. The number of anilines is 1. The van der Waals surface area contributed by atoms with Gasteiger partial charge in [-0.15, -0.1) is 0 Å². The van der Waals surface area contributed by atoms with E-state index in [0.29, 0.717) is 9.13 Å². The van der Waals surface area contributed by atoms with Gasteiger partial charge in [-0.2, -0.15) is 4.98 Å². The van der Waals surface area contributed by atoms with Crippen LogP contribution in [0.4, 0.5) is 5.82 Å². The molecule has 0 amide bonds. The Hall–Kier alpha value is -1.70. The lowest BCUT2D eigenvalue weighted by Gasteiger charge is -2.05. The number of nitrogens with two attached hydrogens (primary N) is 1. The maximum Gasteiger partial charge on any atom is 0.356 e. The number of aromatic nitrogens is 2. The molecule has 0 unspecified atom stereocenters. The molecule has 0 aliphatic rings. The van der Waals surface area contributed by atoms with E-state index in [-0.39, 0.29) is 5.82 Å². The lowest BCUT2D eigenvalue weighted by Crippen LogP contribution is -2.30. The molecule has 0 bridgehead atoms. The fourth-order valence-electron chi connectivity index (χ4n) is 1.31. The smallest absolute Gasteiger partial charge is 0.356 e. The Labute approximate surface area is 110 Å². The van der Waals surface area contributed by atoms with Crippen molar-refractivity contribution in [3.63, 3.8) is 0 Å². The Balaban J connectivity index is 2.52. The highest BCUT2D eigenvalue weighted by Crippen LogP contribution is 2.09. The monoisotopic (exact) mass is 341 g/mol. The lowest BCUT2D eigenvalue weighted by atomic mass is 10.2. The van der Waals surface area contributed by atoms with Crippen LogP contribution in [-0.2, 0) is 0 Å². The molecule has 6 heteroatoms. The highest BCUT2D eigenvalue weighted by atomic mass is 127. The first-order valence-corrected chi connectivity index (χ1v) is 5.82. The summed E-state index contributed by atoms with van der Waals surface area (Å²) in [5.41, 5.74) is 5.24. The minimum absolute atomic E-state index is 0.132. The van der Waals surface area contributed by atoms with Crippen LogP contribution in [0, 0.1) is 3.57 Å². The predicted octanol–water partition coefficient (Wildman–Crippen LogP) is 1.12. The van der Waals surface area contributed by atoms with Gasteiger partial charge in [0.1, 0.15) is 5.82 Å². The fourth-order valence-corrected chi connectivity index (χ4v) is 1.71. The van der Waals surface area contributed by atoms with E-state index in [1.54, 1.807) is 30.3 Å². The number of hydrogen-bond acceptors (Lipinski definition) is 4. The summed E-state index contributed by atoms with van der Waals surface area (Å²) in [5, 5.41) is 0. The number of benzene rings is 1. The topological polar surface area (TPSA) is 78.0 Å². The summed E-state index contributed by atoms with van der Waals surface area (Å²) in [6, 6.07) is 8.53. The van der Waals surface area contributed by atoms with E-state index in [0.717, 1.165) is 4.57 Å². The zero-order valence-corrected chi connectivity index (χ0v) is 10.8. The van der Waals surface area contributed by atoms with Crippen molar-refractivity contribution in [2.24, 2.45) is 0 Å². The van der Waals surface area contributed by atoms with Crippen molar-refractivity contribution in [1.29, 1.82) is 0 Å². The van der Waals surface area contributed by atoms with Gasteiger partial charge < -0.3 is 5.73 Å². The zero-order valence-electron chi connectivity index (χ0n) is 8.63. The molecule has 0 fully saturated rings. The molecule has 0 spiro atoms. The van der Waals surface area contributed by atoms with Crippen LogP contribution >= 0.6 is 22.6 Å². The Bertz CT molecular complexity index is 622. The summed E-state index contributed by atoms with van der Waals surface area (Å²) in [5.74, 6) is -0.284. The Morgan fingerprint density at radius 1 is 1.29 bits per heavy atom. The van der Waals surface area contributed by atoms with Crippen LogP contribution in [0.3, 0.4) is 0 Å². The van der Waals surface area contributed by atoms with Crippen molar-refractivity contribution in [1.82, 2.24) is 9.55 Å². The fraction of sp³-hybridized carbons (Fsp3) is 0. The number of rotatable bonds is 1. The molecule has 17 heavy (non-hydrogen) atoms. The average molecular weight is 341 g/mol. The van der Waals surface area contributed by atoms with Gasteiger partial charge >= 0.3 is 5.69 Å². The highest BCUT2D eigenvalue weighted by molar-refractivity contribution is 14.1. The van der Waals surface area contributed by atoms with Crippen LogP contribution in [-0.4, -0.2) is 15.5 Å². The van der Waals surface area contributed by atoms with Crippen LogP contribution in [0.15, 0.2) is 41.3 Å². The van der Waals surface area contributed by atoms with Gasteiger partial charge in [-0.3, -0.25) is 4.79 Å². The molecule has 0 saturated heterocycles. The number of hydrogen-bond donors (Lipinski definition) is 1. The Morgan fingerprint density at radius 2 is 1.94 bits per heavy atom. The third-order valence-corrected chi connectivity index (χ3v) is 2.98. The lowest BCUT2D eigenvalue weighted by molar-refractivity contribution is 0.0954. The van der Waals surface area contributed by atoms with Gasteiger partial charge in [-0.1, -0.05) is 18.2 Å². The van der Waals surface area contributed by atoms with E-state index < -0.39 is 11.6 Å². The summed E-state index contributed by atoms with van der Waals surface area (Å²) in [6.45, 7) is 0. The quantitative estimate of drug-likeness (QED) is 0.789. The van der Waals surface area contributed by atoms with Crippen molar-refractivity contribution in [2.75, 3.05) is 5.73 Å². The van der Waals surface area contributed by atoms with Crippen molar-refractivity contribution in [3.8, 4) is 0 Å². The first-order chi connectivity index (χ1) is 8.09. The molecule has 0 atom stereocenters. The van der Waals surface area contributed by atoms with Crippen LogP contribution in [0.1, 0.15) is 10.4 Å². The largest absolute Gasteiger partial charge is 0.383 e. The molecule has 2 rings (SSSR count). The maximum absolute atomic E-state index is 12.0. The molecule has 1 heterocycles. The minimum Gasteiger partial charge on any atom is -0.383 e. The van der Waals surface area contributed by atoms with E-state index >= 15 is 0 Å². The minimum atomic E-state index is -0.670. The summed E-state index contributed by atoms with van der Waals surface area (Å²) >= 11 is 1.92. The second-order valence-electron chi connectivity index (χ2n) is 3.30. The Kier molecular flexibility index (Phi) is 3.23. The normalized spacial score (nSPS) is 10.2. The molecule has 0 aliphatic heterocycles. The first-order valence-electron chi connectivity index (χ1n) is 4.74. The van der Waals surface area contributed by atoms with Gasteiger partial charge in [0, 0.05) is 11.8 Å². The molecule has 1 aromatic carbocycles. The molecule has 2 aromatic rings. The standard InChI is InChI=1S/C11H8IN3O2/c12-8-6-15(11(17)14-9(8)13)10(16)7-4-2-1-3-5-7/h1-6H,(H2,13,14,17). The second-order valence-corrected chi connectivity index (χ2v) is 4.46. The molecule has 1 aromatic heterocycles. The predicted molar refractivity (Wildman–Crippen MR) is 71.8 cm³/mol. The van der Waals surface area contributed by atoms with Gasteiger partial charge in [-0.25, -0.2) is 9.36 Å². The van der Waals surface area contributed by atoms with Gasteiger partial charge in [0.05, 0.1) is 3.57 Å². The maximum atomic E-state index is 12.0. The van der Waals surface area contributed by atoms with Gasteiger partial charge in [0.15, 0.2) is 0 Å². The van der Waals surface area contributed by atoms with Gasteiger partial charge in [0.25, 0.3) is 5.91 Å². The third-order valence-electron chi connectivity index (χ3n) is 2.15. The molecular formula is C11H8IN3O2. The molecule has 86 valence electrons. The van der Waals surface area contributed by atoms with Crippen LogP contribution in [0.5, 0.6) is 0 Å². The summed E-state index contributed by atoms with van der Waals surface area (Å²) in [4.78, 5) is 27.1. The van der Waals surface area contributed by atoms with Gasteiger partial charge in [-0.05, 0) is 34.7 Å². The van der Waals surface area contributed by atoms with E-state index in [9.17, 15) is 9.59 Å². The van der Waals surface area contributed by atoms with Crippen LogP contribution in [0.2, 0.25) is 0 Å². The van der Waals surface area contributed by atoms with Crippen molar-refractivity contribution < 1.29 is 4.79 Å². The van der Waals surface area contributed by atoms with Crippen LogP contribution < -0.4 is 11.4 Å². The summed E-state index contributed by atoms with van der Waals surface area (Å²) in [7, 11) is 0. The highest BCUT2D eigenvalue weighted by Gasteiger charge is 2.12. The summed E-state index contributed by atoms with van der Waals surface area (Å²) < 4.78 is 1.51. The van der Waals surface area contributed by atoms with E-state index in [1.165, 1.54) is 6.20 Å². The SMILES string of the molecule is Nc1nc(=O)n(C(=O)c2ccccc2)cc1I. The van der Waals surface area contributed by atoms with E-state index in [4.69, 9.17) is 5.73 Å². The molecule has 0 radical (unpaired) electrons. The molecule has 0 saturated carbocycles. The molecular weight excluding hydrogens is 333 g/mol. The van der Waals surface area contributed by atoms with Gasteiger partial charge in [0.2, 0.25) is 0 Å². The first kappa shape index (κ1) is 11.8. The third kappa shape index (κ3) is 2.36. The average Bonchev–Trinajstić information content (AvgIpc) is 2.34. The number of nitrogens with zero attached hydrogens (tertiary/aromatic N) is 2. The van der Waals surface area contributed by atoms with Crippen molar-refractivity contribution in [2.45, 2.75) is 0 Å². The molecule has 5 nitrogen and oxygen atoms in total. The number of carbonyl (C=O) groups excluding carboxylic acids is 1. The Morgan fingerprint density at radius 3 is 2.59 bits per heavy atom. The number of carbonyl (C=O) groups is 1. The number of nitrogen functional groups attached to an aromatic ring is 1.